The van der Waals surface area contributed by atoms with Gasteiger partial charge >= 0.3 is 12.1 Å². The van der Waals surface area contributed by atoms with Crippen molar-refractivity contribution in [3.8, 4) is 17.4 Å². The molecule has 0 spiro atoms. The molecule has 1 saturated heterocycles. The fraction of sp³-hybridized carbons (Fsp3) is 0.486. The predicted octanol–water partition coefficient (Wildman–Crippen LogP) is 5.37. The summed E-state index contributed by atoms with van der Waals surface area (Å²) >= 11 is 1.43. The number of ether oxygens (including phenoxy) is 3. The van der Waals surface area contributed by atoms with Gasteiger partial charge in [0.25, 0.3) is 0 Å². The highest BCUT2D eigenvalue weighted by atomic mass is 32.1. The summed E-state index contributed by atoms with van der Waals surface area (Å²) in [6.45, 7) is 12.8. The molecule has 1 saturated carbocycles. The number of pyridine rings is 1. The molecule has 51 heavy (non-hydrogen) atoms. The van der Waals surface area contributed by atoms with E-state index in [0.717, 1.165) is 19.3 Å². The van der Waals surface area contributed by atoms with Gasteiger partial charge in [-0.2, -0.15) is 4.98 Å². The molecule has 1 aliphatic heterocycles. The van der Waals surface area contributed by atoms with Gasteiger partial charge in [-0.25, -0.2) is 14.6 Å². The van der Waals surface area contributed by atoms with Crippen molar-refractivity contribution in [2.24, 2.45) is 5.92 Å². The number of rotatable bonds is 15. The van der Waals surface area contributed by atoms with E-state index in [0.29, 0.717) is 46.9 Å². The van der Waals surface area contributed by atoms with Crippen molar-refractivity contribution in [3.63, 3.8) is 0 Å². The summed E-state index contributed by atoms with van der Waals surface area (Å²) in [5.41, 5.74) is -1.49. The Bertz CT molecular complexity index is 1760. The number of likely N-dealkylation sites (tertiary alicyclic amines) is 1. The van der Waals surface area contributed by atoms with Crippen molar-refractivity contribution in [3.05, 3.63) is 61.2 Å². The number of aromatic nitrogens is 3. The summed E-state index contributed by atoms with van der Waals surface area (Å²) in [6.07, 6.45) is 7.63. The maximum atomic E-state index is 14.4. The summed E-state index contributed by atoms with van der Waals surface area (Å²) in [6, 6.07) is 5.29. The molecule has 5 atom stereocenters. The lowest BCUT2D eigenvalue weighted by Crippen LogP contribution is -2.56. The highest BCUT2D eigenvalue weighted by Crippen LogP contribution is 2.45. The minimum atomic E-state index is -1.27. The van der Waals surface area contributed by atoms with Crippen LogP contribution >= 0.6 is 11.3 Å². The Kier molecular flexibility index (Phi) is 11.7. The lowest BCUT2D eigenvalue weighted by molar-refractivity contribution is -0.148. The third-order valence-corrected chi connectivity index (χ3v) is 9.70. The molecule has 14 heteroatoms. The molecule has 4 heterocycles. The van der Waals surface area contributed by atoms with Crippen molar-refractivity contribution in [1.82, 2.24) is 30.5 Å². The van der Waals surface area contributed by atoms with Crippen LogP contribution in [0.5, 0.6) is 5.88 Å². The summed E-state index contributed by atoms with van der Waals surface area (Å²) in [5, 5.41) is 8.20. The Morgan fingerprint density at radius 3 is 2.61 bits per heavy atom. The first-order valence-electron chi connectivity index (χ1n) is 17.2. The van der Waals surface area contributed by atoms with E-state index in [1.54, 1.807) is 45.2 Å². The van der Waals surface area contributed by atoms with E-state index in [-0.39, 0.29) is 18.9 Å². The predicted molar refractivity (Wildman–Crippen MR) is 193 cm³/mol. The molecule has 272 valence electrons. The zero-order valence-corrected chi connectivity index (χ0v) is 30.4. The third-order valence-electron chi connectivity index (χ3n) is 8.90. The number of hydrogen-bond donors (Lipinski definition) is 2. The number of thiophene rings is 1. The molecular weight excluding hydrogens is 673 g/mol. The molecule has 0 unspecified atom stereocenters. The largest absolute Gasteiger partial charge is 0.472 e. The first-order chi connectivity index (χ1) is 24.4. The van der Waals surface area contributed by atoms with Crippen LogP contribution in [0, 0.1) is 5.92 Å². The average Bonchev–Trinajstić information content (AvgIpc) is 3.38. The van der Waals surface area contributed by atoms with Crippen LogP contribution in [0.1, 0.15) is 65.7 Å². The minimum Gasteiger partial charge on any atom is -0.472 e. The van der Waals surface area contributed by atoms with Crippen LogP contribution in [0.25, 0.3) is 21.7 Å². The Balaban J connectivity index is 1.44. The highest BCUT2D eigenvalue weighted by Gasteiger charge is 2.62. The molecule has 5 rings (SSSR count). The molecular formula is C37H46N6O7S. The van der Waals surface area contributed by atoms with E-state index < -0.39 is 53.2 Å². The summed E-state index contributed by atoms with van der Waals surface area (Å²) in [4.78, 5) is 70.2. The van der Waals surface area contributed by atoms with Crippen molar-refractivity contribution in [2.75, 3.05) is 13.7 Å². The van der Waals surface area contributed by atoms with E-state index >= 15 is 0 Å². The van der Waals surface area contributed by atoms with E-state index in [1.807, 2.05) is 23.6 Å². The molecule has 0 bridgehead atoms. The normalized spacial score (nSPS) is 21.7. The second-order valence-electron chi connectivity index (χ2n) is 13.8. The molecule has 3 aromatic heterocycles. The molecule has 2 aliphatic rings. The Morgan fingerprint density at radius 2 is 1.94 bits per heavy atom. The number of esters is 1. The van der Waals surface area contributed by atoms with E-state index in [9.17, 15) is 19.2 Å². The SMILES string of the molecule is C=CCCCCC[C@H](NC(=O)OC(C)(C)C)C(=O)N1C[C@H](Oc2nc(-c3ccccn3)nc3sccc23)C[C@H]1C(=O)N[C@]1(C(=O)OC)C[C@H]1C=C. The number of carbonyl (C=O) groups is 4. The van der Waals surface area contributed by atoms with Gasteiger partial charge in [-0.1, -0.05) is 31.1 Å². The van der Waals surface area contributed by atoms with Gasteiger partial charge in [-0.3, -0.25) is 14.6 Å². The monoisotopic (exact) mass is 718 g/mol. The third kappa shape index (κ3) is 8.91. The summed E-state index contributed by atoms with van der Waals surface area (Å²) in [5.74, 6) is -1.23. The van der Waals surface area contributed by atoms with Crippen LogP contribution < -0.4 is 15.4 Å². The van der Waals surface area contributed by atoms with Crippen molar-refractivity contribution < 1.29 is 33.4 Å². The quantitative estimate of drug-likeness (QED) is 0.119. The van der Waals surface area contributed by atoms with Gasteiger partial charge in [0, 0.05) is 18.5 Å². The lowest BCUT2D eigenvalue weighted by Gasteiger charge is -2.30. The number of hydrogen-bond acceptors (Lipinski definition) is 11. The van der Waals surface area contributed by atoms with E-state index in [4.69, 9.17) is 19.2 Å². The van der Waals surface area contributed by atoms with Gasteiger partial charge in [0.05, 0.1) is 19.0 Å². The fourth-order valence-corrected chi connectivity index (χ4v) is 7.02. The van der Waals surface area contributed by atoms with Crippen LogP contribution in [0.4, 0.5) is 4.79 Å². The standard InChI is InChI=1S/C37H46N6O7S/c1-7-9-10-11-12-16-27(39-35(47)50-36(3,4)5)33(45)43-22-24(20-28(43)30(44)42-37(34(46)48-6)21-23(37)8-2)49-31-25-17-19-51-32(25)41-29(40-31)26-15-13-14-18-38-26/h7-8,13-15,17-19,23-24,27-28H,1-2,9-12,16,20-22H2,3-6H3,(H,39,47)(H,42,44)/t23-,24-,27+,28+,37-/m1/s1. The van der Waals surface area contributed by atoms with E-state index in [2.05, 4.69) is 33.8 Å². The van der Waals surface area contributed by atoms with Crippen LogP contribution in [-0.2, 0) is 23.9 Å². The van der Waals surface area contributed by atoms with Gasteiger partial charge in [0.1, 0.15) is 39.9 Å². The Hall–Kier alpha value is -4.85. The topological polar surface area (TPSA) is 162 Å². The molecule has 0 aromatic carbocycles. The van der Waals surface area contributed by atoms with Gasteiger partial charge < -0.3 is 29.7 Å². The second-order valence-corrected chi connectivity index (χ2v) is 14.7. The smallest absolute Gasteiger partial charge is 0.408 e. The van der Waals surface area contributed by atoms with Gasteiger partial charge in [0.15, 0.2) is 5.82 Å². The minimum absolute atomic E-state index is 0.0184. The van der Waals surface area contributed by atoms with Gasteiger partial charge in [-0.05, 0) is 70.0 Å². The van der Waals surface area contributed by atoms with Crippen LogP contribution in [0.2, 0.25) is 0 Å². The Labute approximate surface area is 301 Å². The number of fused-ring (bicyclic) bond motifs is 1. The molecule has 0 radical (unpaired) electrons. The summed E-state index contributed by atoms with van der Waals surface area (Å²) in [7, 11) is 1.26. The maximum absolute atomic E-state index is 14.4. The lowest BCUT2D eigenvalue weighted by atomic mass is 10.0. The van der Waals surface area contributed by atoms with Crippen molar-refractivity contribution in [2.45, 2.75) is 95.0 Å². The number of amides is 3. The first-order valence-corrected chi connectivity index (χ1v) is 18.0. The molecule has 13 nitrogen and oxygen atoms in total. The van der Waals surface area contributed by atoms with Crippen LogP contribution in [0.15, 0.2) is 61.2 Å². The maximum Gasteiger partial charge on any atom is 0.408 e. The average molecular weight is 719 g/mol. The second kappa shape index (κ2) is 16.0. The number of nitrogens with one attached hydrogen (secondary N) is 2. The molecule has 1 aliphatic carbocycles. The van der Waals surface area contributed by atoms with E-state index in [1.165, 1.54) is 23.3 Å². The first kappa shape index (κ1) is 37.4. The molecule has 3 aromatic rings. The number of nitrogens with zero attached hydrogens (tertiary/aromatic N) is 4. The van der Waals surface area contributed by atoms with Crippen molar-refractivity contribution >= 4 is 45.4 Å². The van der Waals surface area contributed by atoms with Crippen molar-refractivity contribution in [1.29, 1.82) is 0 Å². The Morgan fingerprint density at radius 1 is 1.14 bits per heavy atom. The van der Waals surface area contributed by atoms with Gasteiger partial charge in [-0.15, -0.1) is 24.5 Å². The number of carbonyl (C=O) groups excluding carboxylic acids is 4. The molecule has 2 N–H and O–H groups in total. The zero-order chi connectivity index (χ0) is 36.8. The fourth-order valence-electron chi connectivity index (χ4n) is 6.27. The number of methoxy groups -OCH3 is 1. The number of unbranched alkanes of at least 4 members (excludes halogenated alkanes) is 3. The number of alkyl carbamates (subject to hydrolysis) is 1. The van der Waals surface area contributed by atoms with Crippen LogP contribution in [-0.4, -0.2) is 86.7 Å². The molecule has 3 amide bonds. The molecule has 2 fully saturated rings. The van der Waals surface area contributed by atoms with Crippen LogP contribution in [0.3, 0.4) is 0 Å². The van der Waals surface area contributed by atoms with Gasteiger partial charge in [0.2, 0.25) is 17.7 Å². The summed E-state index contributed by atoms with van der Waals surface area (Å²) < 4.78 is 17.0. The number of allylic oxidation sites excluding steroid dienone is 1. The highest BCUT2D eigenvalue weighted by molar-refractivity contribution is 7.16. The zero-order valence-electron chi connectivity index (χ0n) is 29.6.